The van der Waals surface area contributed by atoms with Gasteiger partial charge in [-0.2, -0.15) is 0 Å². The largest absolute Gasteiger partial charge is 0.320 e. The predicted molar refractivity (Wildman–Crippen MR) is 114 cm³/mol. The van der Waals surface area contributed by atoms with Gasteiger partial charge in [0.2, 0.25) is 11.8 Å². The van der Waals surface area contributed by atoms with Crippen LogP contribution in [0, 0.1) is 30.9 Å². The summed E-state index contributed by atoms with van der Waals surface area (Å²) in [6.45, 7) is 5.62. The summed E-state index contributed by atoms with van der Waals surface area (Å²) < 4.78 is 0. The molecule has 0 unspecified atom stereocenters. The number of hydrogen-bond donors (Lipinski definition) is 2. The fourth-order valence-electron chi connectivity index (χ4n) is 2.81. The first kappa shape index (κ1) is 20.5. The number of thioether (sulfide) groups is 1. The highest BCUT2D eigenvalue weighted by Crippen LogP contribution is 2.29. The van der Waals surface area contributed by atoms with Crippen molar-refractivity contribution >= 4 is 45.8 Å². The Kier molecular flexibility index (Phi) is 5.97. The van der Waals surface area contributed by atoms with E-state index in [1.807, 2.05) is 32.0 Å². The molecule has 1 aliphatic heterocycles. The standard InChI is InChI=1S/C20H20N4O4S/c1-11-4-6-13(3)15(8-11)22-20-23-19(26)17(29-20)10-18(25)21-14-7-5-12(2)9-16(14)24(27)28/h4-9,17H,10H2,1-3H3,(H,21,25)(H,22,23,26)/t17-/m1/s1. The van der Waals surface area contributed by atoms with Crippen LogP contribution in [0.1, 0.15) is 23.1 Å². The van der Waals surface area contributed by atoms with Crippen molar-refractivity contribution in [1.29, 1.82) is 0 Å². The van der Waals surface area contributed by atoms with Gasteiger partial charge in [-0.1, -0.05) is 30.0 Å². The second-order valence-corrected chi connectivity index (χ2v) is 8.02. The van der Waals surface area contributed by atoms with Crippen LogP contribution in [0.5, 0.6) is 0 Å². The van der Waals surface area contributed by atoms with Gasteiger partial charge in [-0.15, -0.1) is 0 Å². The number of aryl methyl sites for hydroxylation is 3. The Morgan fingerprint density at radius 2 is 1.90 bits per heavy atom. The summed E-state index contributed by atoms with van der Waals surface area (Å²) >= 11 is 1.17. The third-order valence-electron chi connectivity index (χ3n) is 4.36. The number of aliphatic imine (C=N–C) groups is 1. The van der Waals surface area contributed by atoms with Gasteiger partial charge in [0.05, 0.1) is 10.6 Å². The lowest BCUT2D eigenvalue weighted by Gasteiger charge is -2.08. The van der Waals surface area contributed by atoms with Gasteiger partial charge in [0.25, 0.3) is 5.69 Å². The maximum absolute atomic E-state index is 12.4. The first-order valence-electron chi connectivity index (χ1n) is 8.91. The zero-order valence-corrected chi connectivity index (χ0v) is 17.0. The molecule has 0 bridgehead atoms. The molecule has 2 aromatic rings. The molecule has 2 amide bonds. The van der Waals surface area contributed by atoms with E-state index >= 15 is 0 Å². The number of carbonyl (C=O) groups is 2. The lowest BCUT2D eigenvalue weighted by Crippen LogP contribution is -2.28. The number of hydrogen-bond acceptors (Lipinski definition) is 6. The van der Waals surface area contributed by atoms with Crippen molar-refractivity contribution < 1.29 is 14.5 Å². The van der Waals surface area contributed by atoms with Crippen molar-refractivity contribution in [3.8, 4) is 0 Å². The Hall–Kier alpha value is -3.20. The number of nitro benzene ring substituents is 1. The highest BCUT2D eigenvalue weighted by atomic mass is 32.2. The Balaban J connectivity index is 1.69. The average molecular weight is 412 g/mol. The minimum absolute atomic E-state index is 0.110. The minimum atomic E-state index is -0.650. The van der Waals surface area contributed by atoms with Gasteiger partial charge in [-0.05, 0) is 49.6 Å². The molecule has 1 heterocycles. The van der Waals surface area contributed by atoms with Crippen LogP contribution in [0.15, 0.2) is 41.4 Å². The predicted octanol–water partition coefficient (Wildman–Crippen LogP) is 3.77. The second kappa shape index (κ2) is 8.44. The number of nitrogens with one attached hydrogen (secondary N) is 2. The highest BCUT2D eigenvalue weighted by Gasteiger charge is 2.32. The van der Waals surface area contributed by atoms with Crippen LogP contribution >= 0.6 is 11.8 Å². The van der Waals surface area contributed by atoms with Crippen LogP contribution in [0.4, 0.5) is 17.1 Å². The van der Waals surface area contributed by atoms with Crippen molar-refractivity contribution in [2.45, 2.75) is 32.4 Å². The van der Waals surface area contributed by atoms with Crippen molar-refractivity contribution in [1.82, 2.24) is 5.32 Å². The smallest absolute Gasteiger partial charge is 0.293 e. The third kappa shape index (κ3) is 5.00. The lowest BCUT2D eigenvalue weighted by molar-refractivity contribution is -0.384. The summed E-state index contributed by atoms with van der Waals surface area (Å²) in [7, 11) is 0. The Bertz CT molecular complexity index is 1040. The normalized spacial score (nSPS) is 17.3. The monoisotopic (exact) mass is 412 g/mol. The molecule has 2 aromatic carbocycles. The van der Waals surface area contributed by atoms with E-state index in [4.69, 9.17) is 0 Å². The first-order chi connectivity index (χ1) is 13.7. The molecule has 1 fully saturated rings. The van der Waals surface area contributed by atoms with E-state index in [0.717, 1.165) is 16.8 Å². The van der Waals surface area contributed by atoms with Crippen LogP contribution in [0.2, 0.25) is 0 Å². The Morgan fingerprint density at radius 3 is 2.62 bits per heavy atom. The number of nitrogens with zero attached hydrogens (tertiary/aromatic N) is 2. The molecule has 8 nitrogen and oxygen atoms in total. The summed E-state index contributed by atoms with van der Waals surface area (Å²) in [4.78, 5) is 39.7. The van der Waals surface area contributed by atoms with Crippen molar-refractivity contribution in [2.24, 2.45) is 4.99 Å². The highest BCUT2D eigenvalue weighted by molar-refractivity contribution is 8.15. The quantitative estimate of drug-likeness (QED) is 0.573. The molecular formula is C20H20N4O4S. The van der Waals surface area contributed by atoms with Gasteiger partial charge in [0, 0.05) is 12.5 Å². The number of carbonyl (C=O) groups excluding carboxylic acids is 2. The second-order valence-electron chi connectivity index (χ2n) is 6.83. The van der Waals surface area contributed by atoms with Gasteiger partial charge in [0.15, 0.2) is 5.17 Å². The average Bonchev–Trinajstić information content (AvgIpc) is 2.98. The van der Waals surface area contributed by atoms with Crippen molar-refractivity contribution in [3.05, 3.63) is 63.2 Å². The van der Waals surface area contributed by atoms with E-state index in [2.05, 4.69) is 15.6 Å². The molecule has 1 saturated heterocycles. The summed E-state index contributed by atoms with van der Waals surface area (Å²) in [6.07, 6.45) is -0.118. The molecule has 1 aliphatic rings. The molecule has 3 rings (SSSR count). The number of rotatable bonds is 5. The first-order valence-corrected chi connectivity index (χ1v) is 9.79. The maximum atomic E-state index is 12.4. The molecule has 0 aliphatic carbocycles. The SMILES string of the molecule is Cc1ccc(C)c(N=C2NC(=O)[C@@H](CC(=O)Nc3ccc(C)cc3[N+](=O)[O-])S2)c1. The van der Waals surface area contributed by atoms with Crippen LogP contribution < -0.4 is 10.6 Å². The van der Waals surface area contributed by atoms with Gasteiger partial charge in [-0.25, -0.2) is 4.99 Å². The van der Waals surface area contributed by atoms with Crippen LogP contribution in [-0.4, -0.2) is 27.2 Å². The molecular weight excluding hydrogens is 392 g/mol. The molecule has 29 heavy (non-hydrogen) atoms. The zero-order chi connectivity index (χ0) is 21.1. The summed E-state index contributed by atoms with van der Waals surface area (Å²) in [6, 6.07) is 10.4. The van der Waals surface area contributed by atoms with Crippen molar-refractivity contribution in [3.63, 3.8) is 0 Å². The summed E-state index contributed by atoms with van der Waals surface area (Å²) in [5, 5.41) is 16.2. The maximum Gasteiger partial charge on any atom is 0.293 e. The van der Waals surface area contributed by atoms with E-state index in [0.29, 0.717) is 10.7 Å². The Labute approximate surface area is 171 Å². The molecule has 0 spiro atoms. The summed E-state index contributed by atoms with van der Waals surface area (Å²) in [5.41, 5.74) is 3.43. The molecule has 9 heteroatoms. The Morgan fingerprint density at radius 1 is 1.21 bits per heavy atom. The van der Waals surface area contributed by atoms with Gasteiger partial charge in [-0.3, -0.25) is 19.7 Å². The van der Waals surface area contributed by atoms with Crippen LogP contribution in [0.3, 0.4) is 0 Å². The molecule has 1 atom stereocenters. The molecule has 2 N–H and O–H groups in total. The lowest BCUT2D eigenvalue weighted by atomic mass is 10.1. The van der Waals surface area contributed by atoms with E-state index in [-0.39, 0.29) is 23.7 Å². The minimum Gasteiger partial charge on any atom is -0.320 e. The topological polar surface area (TPSA) is 114 Å². The molecule has 0 aromatic heterocycles. The third-order valence-corrected chi connectivity index (χ3v) is 5.44. The van der Waals surface area contributed by atoms with E-state index in [1.54, 1.807) is 13.0 Å². The number of amidine groups is 1. The zero-order valence-electron chi connectivity index (χ0n) is 16.2. The number of benzene rings is 2. The van der Waals surface area contributed by atoms with Gasteiger partial charge in [0.1, 0.15) is 10.9 Å². The van der Waals surface area contributed by atoms with E-state index < -0.39 is 16.1 Å². The fraction of sp³-hybridized carbons (Fsp3) is 0.250. The number of nitro groups is 1. The van der Waals surface area contributed by atoms with Crippen molar-refractivity contribution in [2.75, 3.05) is 5.32 Å². The number of anilines is 1. The molecule has 0 radical (unpaired) electrons. The van der Waals surface area contributed by atoms with Crippen LogP contribution in [-0.2, 0) is 9.59 Å². The summed E-state index contributed by atoms with van der Waals surface area (Å²) in [5.74, 6) is -0.787. The fourth-order valence-corrected chi connectivity index (χ4v) is 3.79. The van der Waals surface area contributed by atoms with E-state index in [1.165, 1.54) is 23.9 Å². The number of amides is 2. The molecule has 0 saturated carbocycles. The van der Waals surface area contributed by atoms with E-state index in [9.17, 15) is 19.7 Å². The molecule has 150 valence electrons. The van der Waals surface area contributed by atoms with Gasteiger partial charge < -0.3 is 10.6 Å². The van der Waals surface area contributed by atoms with Crippen LogP contribution in [0.25, 0.3) is 0 Å². The van der Waals surface area contributed by atoms with Gasteiger partial charge >= 0.3 is 0 Å².